The van der Waals surface area contributed by atoms with E-state index in [9.17, 15) is 19.2 Å². The minimum atomic E-state index is -0.850. The van der Waals surface area contributed by atoms with Crippen molar-refractivity contribution < 1.29 is 23.7 Å². The molecule has 4 amide bonds. The van der Waals surface area contributed by atoms with E-state index in [1.165, 1.54) is 4.90 Å². The summed E-state index contributed by atoms with van der Waals surface area (Å²) in [6.45, 7) is 0.429. The number of likely N-dealkylation sites (tertiary alicyclic amines) is 1. The molecule has 0 aliphatic carbocycles. The van der Waals surface area contributed by atoms with Gasteiger partial charge in [-0.2, -0.15) is 0 Å². The molecule has 2 aliphatic heterocycles. The van der Waals surface area contributed by atoms with Gasteiger partial charge in [-0.1, -0.05) is 0 Å². The number of nitrogens with two attached hydrogens (primary N) is 1. The topological polar surface area (TPSA) is 141 Å². The lowest BCUT2D eigenvalue weighted by molar-refractivity contribution is -0.677. The molecule has 3 rings (SSSR count). The number of H-pyrrole nitrogens is 1. The van der Waals surface area contributed by atoms with Gasteiger partial charge >= 0.3 is 0 Å². The molecule has 1 aromatic heterocycles. The van der Waals surface area contributed by atoms with E-state index in [-0.39, 0.29) is 18.2 Å². The normalized spacial score (nSPS) is 23.1. The van der Waals surface area contributed by atoms with Crippen molar-refractivity contribution in [1.82, 2.24) is 20.5 Å². The third-order valence-corrected chi connectivity index (χ3v) is 5.18. The summed E-state index contributed by atoms with van der Waals surface area (Å²) >= 11 is 0. The quantitative estimate of drug-likeness (QED) is 0.411. The van der Waals surface area contributed by atoms with Crippen LogP contribution < -0.4 is 20.9 Å². The van der Waals surface area contributed by atoms with Crippen molar-refractivity contribution in [2.45, 2.75) is 50.2 Å². The number of aromatic amines is 1. The summed E-state index contributed by atoms with van der Waals surface area (Å²) in [5.41, 5.74) is 6.24. The molecule has 2 aliphatic rings. The maximum absolute atomic E-state index is 13.1. The van der Waals surface area contributed by atoms with E-state index in [1.54, 1.807) is 12.5 Å². The summed E-state index contributed by atoms with van der Waals surface area (Å²) in [7, 11) is 1.83. The molecule has 0 aromatic carbocycles. The highest BCUT2D eigenvalue weighted by molar-refractivity contribution is 5.95. The van der Waals surface area contributed by atoms with Crippen molar-refractivity contribution in [3.63, 3.8) is 0 Å². The molecular weight excluding hydrogens is 352 g/mol. The standard InChI is InChI=1S/C17H24N6O4/c1-22-9-19-8-10(22)7-12(21-16(26)11-4-5-14(24)20-11)17(27)23-6-2-3-13(23)15(18)25/h8-9,11-13H,2-7H2,1H3,(H4,18,20,21,24,25,26)/p+1/t11-,12-,13-/m0/s1. The van der Waals surface area contributed by atoms with E-state index in [0.29, 0.717) is 32.2 Å². The molecule has 1 aromatic rings. The van der Waals surface area contributed by atoms with Crippen molar-refractivity contribution in [3.8, 4) is 0 Å². The Kier molecular flexibility index (Phi) is 5.43. The number of hydrogen-bond donors (Lipinski definition) is 4. The second-order valence-electron chi connectivity index (χ2n) is 7.06. The van der Waals surface area contributed by atoms with E-state index in [2.05, 4.69) is 15.6 Å². The highest BCUT2D eigenvalue weighted by atomic mass is 16.2. The summed E-state index contributed by atoms with van der Waals surface area (Å²) in [6, 6.07) is -2.14. The molecule has 3 atom stereocenters. The average Bonchev–Trinajstić information content (AvgIpc) is 3.35. The molecule has 5 N–H and O–H groups in total. The minimum absolute atomic E-state index is 0.177. The van der Waals surface area contributed by atoms with Crippen LogP contribution in [0.5, 0.6) is 0 Å². The molecule has 10 heteroatoms. The van der Waals surface area contributed by atoms with Gasteiger partial charge in [-0.3, -0.25) is 19.2 Å². The molecule has 0 bridgehead atoms. The van der Waals surface area contributed by atoms with Gasteiger partial charge in [0.25, 0.3) is 0 Å². The number of carbonyl (C=O) groups is 4. The van der Waals surface area contributed by atoms with Crippen LogP contribution in [0.4, 0.5) is 0 Å². The van der Waals surface area contributed by atoms with Crippen LogP contribution >= 0.6 is 0 Å². The lowest BCUT2D eigenvalue weighted by Crippen LogP contribution is -2.56. The molecular formula is C17H25N6O4+. The van der Waals surface area contributed by atoms with Crippen LogP contribution in [0.25, 0.3) is 0 Å². The van der Waals surface area contributed by atoms with Crippen molar-refractivity contribution in [2.24, 2.45) is 12.8 Å². The first-order valence-electron chi connectivity index (χ1n) is 9.07. The number of carbonyl (C=O) groups excluding carboxylic acids is 4. The maximum atomic E-state index is 13.1. The second kappa shape index (κ2) is 7.77. The van der Waals surface area contributed by atoms with Gasteiger partial charge in [0.1, 0.15) is 30.0 Å². The molecule has 0 unspecified atom stereocenters. The van der Waals surface area contributed by atoms with Gasteiger partial charge in [0.15, 0.2) is 0 Å². The molecule has 27 heavy (non-hydrogen) atoms. The number of hydrogen-bond acceptors (Lipinski definition) is 4. The number of rotatable bonds is 6. The minimum Gasteiger partial charge on any atom is -0.368 e. The van der Waals surface area contributed by atoms with E-state index in [4.69, 9.17) is 5.73 Å². The molecule has 2 saturated heterocycles. The Bertz CT molecular complexity index is 760. The molecule has 0 spiro atoms. The van der Waals surface area contributed by atoms with Gasteiger partial charge in [0.05, 0.1) is 7.05 Å². The first-order chi connectivity index (χ1) is 12.9. The van der Waals surface area contributed by atoms with Crippen molar-refractivity contribution in [3.05, 3.63) is 18.2 Å². The molecule has 2 fully saturated rings. The summed E-state index contributed by atoms with van der Waals surface area (Å²) in [5.74, 6) is -1.45. The molecule has 3 heterocycles. The summed E-state index contributed by atoms with van der Waals surface area (Å²) in [4.78, 5) is 53.1. The zero-order chi connectivity index (χ0) is 19.6. The van der Waals surface area contributed by atoms with E-state index in [0.717, 1.165) is 5.69 Å². The van der Waals surface area contributed by atoms with Crippen molar-refractivity contribution in [1.29, 1.82) is 0 Å². The fourth-order valence-corrected chi connectivity index (χ4v) is 3.65. The zero-order valence-corrected chi connectivity index (χ0v) is 15.2. The summed E-state index contributed by atoms with van der Waals surface area (Å²) < 4.78 is 1.82. The van der Waals surface area contributed by atoms with Crippen LogP contribution in [0.3, 0.4) is 0 Å². The number of primary amides is 1. The molecule has 0 radical (unpaired) electrons. The van der Waals surface area contributed by atoms with Gasteiger partial charge in [0.2, 0.25) is 30.0 Å². The van der Waals surface area contributed by atoms with Gasteiger partial charge in [-0.05, 0) is 19.3 Å². The van der Waals surface area contributed by atoms with E-state index < -0.39 is 29.9 Å². The van der Waals surface area contributed by atoms with E-state index >= 15 is 0 Å². The second-order valence-corrected chi connectivity index (χ2v) is 7.06. The Labute approximate surface area is 156 Å². The first-order valence-corrected chi connectivity index (χ1v) is 9.07. The largest absolute Gasteiger partial charge is 0.368 e. The Morgan fingerprint density at radius 2 is 2.19 bits per heavy atom. The van der Waals surface area contributed by atoms with Crippen LogP contribution in [-0.4, -0.2) is 58.2 Å². The third-order valence-electron chi connectivity index (χ3n) is 5.18. The number of aryl methyl sites for hydroxylation is 1. The smallest absolute Gasteiger partial charge is 0.246 e. The average molecular weight is 377 g/mol. The van der Waals surface area contributed by atoms with E-state index in [1.807, 2.05) is 11.6 Å². The van der Waals surface area contributed by atoms with Gasteiger partial charge in [0, 0.05) is 19.4 Å². The summed E-state index contributed by atoms with van der Waals surface area (Å²) in [5, 5.41) is 5.36. The zero-order valence-electron chi connectivity index (χ0n) is 15.2. The van der Waals surface area contributed by atoms with Crippen LogP contribution in [0.15, 0.2) is 12.5 Å². The van der Waals surface area contributed by atoms with Crippen molar-refractivity contribution >= 4 is 23.6 Å². The fourth-order valence-electron chi connectivity index (χ4n) is 3.65. The van der Waals surface area contributed by atoms with Crippen LogP contribution in [0.2, 0.25) is 0 Å². The number of imidazole rings is 1. The fraction of sp³-hybridized carbons (Fsp3) is 0.588. The number of nitrogens with one attached hydrogen (secondary N) is 3. The number of aromatic nitrogens is 2. The Hall–Kier alpha value is -2.91. The monoisotopic (exact) mass is 377 g/mol. The Balaban J connectivity index is 1.77. The predicted octanol–water partition coefficient (Wildman–Crippen LogP) is -2.38. The van der Waals surface area contributed by atoms with Crippen molar-refractivity contribution in [2.75, 3.05) is 6.54 Å². The lowest BCUT2D eigenvalue weighted by atomic mass is 10.1. The van der Waals surface area contributed by atoms with Crippen LogP contribution in [-0.2, 0) is 32.6 Å². The van der Waals surface area contributed by atoms with Gasteiger partial charge in [-0.25, -0.2) is 9.55 Å². The Morgan fingerprint density at radius 3 is 2.78 bits per heavy atom. The Morgan fingerprint density at radius 1 is 1.41 bits per heavy atom. The SMILES string of the molecule is C[n+]1c[nH]cc1C[C@H](NC(=O)[C@@H]1CCC(=O)N1)C(=O)N1CCC[C@H]1C(N)=O. The number of nitrogens with zero attached hydrogens (tertiary/aromatic N) is 2. The molecule has 0 saturated carbocycles. The molecule has 10 nitrogen and oxygen atoms in total. The maximum Gasteiger partial charge on any atom is 0.246 e. The highest BCUT2D eigenvalue weighted by Crippen LogP contribution is 2.19. The first kappa shape index (κ1) is 18.9. The summed E-state index contributed by atoms with van der Waals surface area (Å²) in [6.07, 6.45) is 5.65. The predicted molar refractivity (Wildman–Crippen MR) is 92.7 cm³/mol. The van der Waals surface area contributed by atoms with Gasteiger partial charge < -0.3 is 21.3 Å². The third kappa shape index (κ3) is 4.09. The van der Waals surface area contributed by atoms with Gasteiger partial charge in [-0.15, -0.1) is 0 Å². The highest BCUT2D eigenvalue weighted by Gasteiger charge is 2.38. The van der Waals surface area contributed by atoms with Crippen LogP contribution in [0, 0.1) is 0 Å². The molecule has 146 valence electrons. The number of amides is 4. The lowest BCUT2D eigenvalue weighted by Gasteiger charge is -2.28. The van der Waals surface area contributed by atoms with Crippen LogP contribution in [0.1, 0.15) is 31.4 Å².